The Labute approximate surface area is 157 Å². The first-order valence-electron chi connectivity index (χ1n) is 8.02. The van der Waals surface area contributed by atoms with Gasteiger partial charge in [0.25, 0.3) is 5.91 Å². The van der Waals surface area contributed by atoms with Crippen LogP contribution in [0.3, 0.4) is 0 Å². The van der Waals surface area contributed by atoms with E-state index in [-0.39, 0.29) is 11.0 Å². The monoisotopic (exact) mass is 401 g/mol. The fourth-order valence-electron chi connectivity index (χ4n) is 2.21. The summed E-state index contributed by atoms with van der Waals surface area (Å²) in [5, 5.41) is 1.51. The van der Waals surface area contributed by atoms with Crippen LogP contribution in [0.5, 0.6) is 0 Å². The summed E-state index contributed by atoms with van der Waals surface area (Å²) in [7, 11) is 0. The molecule has 4 nitrogen and oxygen atoms in total. The molecular formula is C19H16F5NO3. The molecule has 9 heteroatoms. The van der Waals surface area contributed by atoms with E-state index in [1.165, 1.54) is 17.4 Å². The molecule has 150 valence electrons. The van der Waals surface area contributed by atoms with Crippen molar-refractivity contribution in [3.63, 3.8) is 0 Å². The Hall–Kier alpha value is -2.97. The lowest BCUT2D eigenvalue weighted by Gasteiger charge is -2.18. The van der Waals surface area contributed by atoms with E-state index in [1.807, 2.05) is 20.8 Å². The van der Waals surface area contributed by atoms with E-state index in [9.17, 15) is 31.5 Å². The number of ether oxygens (including phenoxy) is 1. The van der Waals surface area contributed by atoms with E-state index in [1.54, 1.807) is 12.1 Å². The fraction of sp³-hybridized carbons (Fsp3) is 0.263. The van der Waals surface area contributed by atoms with Gasteiger partial charge in [0, 0.05) is 0 Å². The van der Waals surface area contributed by atoms with Crippen LogP contribution in [0.1, 0.15) is 36.7 Å². The van der Waals surface area contributed by atoms with E-state index in [0.717, 1.165) is 5.56 Å². The van der Waals surface area contributed by atoms with E-state index in [2.05, 4.69) is 0 Å². The lowest BCUT2D eigenvalue weighted by Crippen LogP contribution is -2.23. The molecule has 28 heavy (non-hydrogen) atoms. The van der Waals surface area contributed by atoms with Crippen molar-refractivity contribution in [2.45, 2.75) is 26.2 Å². The second-order valence-electron chi connectivity index (χ2n) is 6.90. The molecule has 2 aromatic carbocycles. The van der Waals surface area contributed by atoms with Crippen molar-refractivity contribution in [3.05, 3.63) is 64.5 Å². The van der Waals surface area contributed by atoms with Crippen LogP contribution in [0.4, 0.5) is 27.6 Å². The molecule has 0 bridgehead atoms. The lowest BCUT2D eigenvalue weighted by molar-refractivity contribution is -0.119. The molecule has 0 atom stereocenters. The number of hydrogen-bond donors (Lipinski definition) is 1. The molecule has 0 aliphatic rings. The highest BCUT2D eigenvalue weighted by Gasteiger charge is 2.27. The minimum atomic E-state index is -2.35. The number of rotatable bonds is 4. The summed E-state index contributed by atoms with van der Waals surface area (Å²) in [6.07, 6.45) is 0. The zero-order valence-electron chi connectivity index (χ0n) is 15.1. The van der Waals surface area contributed by atoms with Crippen LogP contribution in [0.15, 0.2) is 24.3 Å². The van der Waals surface area contributed by atoms with Gasteiger partial charge >= 0.3 is 5.97 Å². The number of carbonyl (C=O) groups is 2. The number of carbonyl (C=O) groups excluding carboxylic acids is 2. The van der Waals surface area contributed by atoms with Gasteiger partial charge in [-0.25, -0.2) is 26.7 Å². The third-order valence-electron chi connectivity index (χ3n) is 3.80. The van der Waals surface area contributed by atoms with Crippen LogP contribution in [0.2, 0.25) is 0 Å². The largest absolute Gasteiger partial charge is 0.452 e. The summed E-state index contributed by atoms with van der Waals surface area (Å²) >= 11 is 0. The Kier molecular flexibility index (Phi) is 6.06. The van der Waals surface area contributed by atoms with E-state index >= 15 is 0 Å². The maximum Gasteiger partial charge on any atom is 0.338 e. The molecule has 1 amide bonds. The molecule has 0 saturated heterocycles. The maximum atomic E-state index is 13.5. The number of esters is 1. The standard InChI is InChI=1S/C19H16F5NO3/c1-19(2,3)10-6-4-9(5-7-10)18(27)28-8-11(26)25-17-15(23)13(21)12(20)14(22)16(17)24/h4-7H,8H2,1-3H3,(H,25,26). The van der Waals surface area contributed by atoms with Gasteiger partial charge in [-0.05, 0) is 23.1 Å². The van der Waals surface area contributed by atoms with Gasteiger partial charge in [0.1, 0.15) is 5.69 Å². The molecule has 2 aromatic rings. The Morgan fingerprint density at radius 3 is 1.79 bits per heavy atom. The SMILES string of the molecule is CC(C)(C)c1ccc(C(=O)OCC(=O)Nc2c(F)c(F)c(F)c(F)c2F)cc1. The van der Waals surface area contributed by atoms with Gasteiger partial charge in [-0.3, -0.25) is 4.79 Å². The van der Waals surface area contributed by atoms with Crippen molar-refractivity contribution in [2.24, 2.45) is 0 Å². The number of hydrogen-bond acceptors (Lipinski definition) is 3. The molecule has 0 radical (unpaired) electrons. The van der Waals surface area contributed by atoms with E-state index in [4.69, 9.17) is 4.74 Å². The number of nitrogens with one attached hydrogen (secondary N) is 1. The third kappa shape index (κ3) is 4.47. The molecule has 2 rings (SSSR count). The third-order valence-corrected chi connectivity index (χ3v) is 3.80. The first-order valence-corrected chi connectivity index (χ1v) is 8.02. The highest BCUT2D eigenvalue weighted by Crippen LogP contribution is 2.27. The Bertz CT molecular complexity index is 892. The Morgan fingerprint density at radius 1 is 0.857 bits per heavy atom. The highest BCUT2D eigenvalue weighted by molar-refractivity contribution is 5.95. The number of benzene rings is 2. The van der Waals surface area contributed by atoms with Crippen molar-refractivity contribution in [1.29, 1.82) is 0 Å². The molecule has 0 aromatic heterocycles. The molecule has 0 aliphatic carbocycles. The minimum absolute atomic E-state index is 0.122. The summed E-state index contributed by atoms with van der Waals surface area (Å²) in [5.74, 6) is -13.3. The number of amides is 1. The predicted octanol–water partition coefficient (Wildman–Crippen LogP) is 4.48. The molecular weight excluding hydrogens is 385 g/mol. The van der Waals surface area contributed by atoms with Crippen LogP contribution < -0.4 is 5.32 Å². The van der Waals surface area contributed by atoms with Gasteiger partial charge in [0.2, 0.25) is 5.82 Å². The second kappa shape index (κ2) is 7.95. The first kappa shape index (κ1) is 21.3. The van der Waals surface area contributed by atoms with Gasteiger partial charge in [-0.2, -0.15) is 0 Å². The maximum absolute atomic E-state index is 13.5. The molecule has 0 spiro atoms. The van der Waals surface area contributed by atoms with Crippen molar-refractivity contribution in [1.82, 2.24) is 0 Å². The zero-order valence-corrected chi connectivity index (χ0v) is 15.1. The van der Waals surface area contributed by atoms with Gasteiger partial charge in [0.05, 0.1) is 5.56 Å². The molecule has 0 heterocycles. The average molecular weight is 401 g/mol. The number of halogens is 5. The molecule has 1 N–H and O–H groups in total. The van der Waals surface area contributed by atoms with Gasteiger partial charge in [0.15, 0.2) is 29.9 Å². The van der Waals surface area contributed by atoms with Crippen LogP contribution in [-0.4, -0.2) is 18.5 Å². The van der Waals surface area contributed by atoms with Crippen molar-refractivity contribution in [3.8, 4) is 0 Å². The van der Waals surface area contributed by atoms with Gasteiger partial charge < -0.3 is 10.1 Å². The Morgan fingerprint density at radius 2 is 1.32 bits per heavy atom. The van der Waals surface area contributed by atoms with Crippen molar-refractivity contribution < 1.29 is 36.3 Å². The van der Waals surface area contributed by atoms with E-state index < -0.39 is 53.3 Å². The van der Waals surface area contributed by atoms with E-state index in [0.29, 0.717) is 0 Å². The van der Waals surface area contributed by atoms with Crippen LogP contribution >= 0.6 is 0 Å². The fourth-order valence-corrected chi connectivity index (χ4v) is 2.21. The molecule has 0 unspecified atom stereocenters. The van der Waals surface area contributed by atoms with Crippen molar-refractivity contribution >= 4 is 17.6 Å². The number of anilines is 1. The molecule has 0 aliphatic heterocycles. The normalized spacial score (nSPS) is 11.3. The van der Waals surface area contributed by atoms with Crippen LogP contribution in [0, 0.1) is 29.1 Å². The molecule has 0 fully saturated rings. The Balaban J connectivity index is 2.04. The summed E-state index contributed by atoms with van der Waals surface area (Å²) < 4.78 is 70.9. The predicted molar refractivity (Wildman–Crippen MR) is 90.3 cm³/mol. The zero-order chi connectivity index (χ0) is 21.2. The topological polar surface area (TPSA) is 55.4 Å². The second-order valence-corrected chi connectivity index (χ2v) is 6.90. The lowest BCUT2D eigenvalue weighted by atomic mass is 9.87. The summed E-state index contributed by atoms with van der Waals surface area (Å²) in [6, 6.07) is 6.35. The summed E-state index contributed by atoms with van der Waals surface area (Å²) in [6.45, 7) is 4.94. The van der Waals surface area contributed by atoms with Gasteiger partial charge in [-0.15, -0.1) is 0 Å². The quantitative estimate of drug-likeness (QED) is 0.356. The van der Waals surface area contributed by atoms with Gasteiger partial charge in [-0.1, -0.05) is 32.9 Å². The van der Waals surface area contributed by atoms with Crippen molar-refractivity contribution in [2.75, 3.05) is 11.9 Å². The highest BCUT2D eigenvalue weighted by atomic mass is 19.2. The smallest absolute Gasteiger partial charge is 0.338 e. The van der Waals surface area contributed by atoms with Crippen LogP contribution in [-0.2, 0) is 14.9 Å². The average Bonchev–Trinajstić information content (AvgIpc) is 2.65. The first-order chi connectivity index (χ1) is 12.9. The summed E-state index contributed by atoms with van der Waals surface area (Å²) in [5.41, 5.74) is -0.590. The summed E-state index contributed by atoms with van der Waals surface area (Å²) in [4.78, 5) is 23.6. The minimum Gasteiger partial charge on any atom is -0.452 e. The van der Waals surface area contributed by atoms with Crippen LogP contribution in [0.25, 0.3) is 0 Å². The molecule has 0 saturated carbocycles.